The monoisotopic (exact) mass is 257 g/mol. The quantitative estimate of drug-likeness (QED) is 0.814. The lowest BCUT2D eigenvalue weighted by Crippen LogP contribution is -2.43. The molecule has 0 radical (unpaired) electrons. The third-order valence-corrected chi connectivity index (χ3v) is 4.15. The third kappa shape index (κ3) is 1.79. The van der Waals surface area contributed by atoms with Gasteiger partial charge < -0.3 is 10.6 Å². The lowest BCUT2D eigenvalue weighted by Gasteiger charge is -2.21. The van der Waals surface area contributed by atoms with Crippen molar-refractivity contribution in [3.63, 3.8) is 0 Å². The number of hydrogen-bond donors (Lipinski definition) is 2. The number of amides is 1. The van der Waals surface area contributed by atoms with E-state index in [1.807, 2.05) is 0 Å². The van der Waals surface area contributed by atoms with Gasteiger partial charge in [-0.3, -0.25) is 9.20 Å². The van der Waals surface area contributed by atoms with Crippen LogP contribution in [0, 0.1) is 0 Å². The van der Waals surface area contributed by atoms with E-state index in [2.05, 4.69) is 20.6 Å². The summed E-state index contributed by atoms with van der Waals surface area (Å²) in [5.74, 6) is -0.0944. The molecular formula is C13H15N5O. The van der Waals surface area contributed by atoms with Gasteiger partial charge in [0.25, 0.3) is 5.91 Å². The Hall–Kier alpha value is -1.95. The summed E-state index contributed by atoms with van der Waals surface area (Å²) in [7, 11) is 0. The highest BCUT2D eigenvalue weighted by Gasteiger charge is 2.39. The molecule has 2 aliphatic heterocycles. The Morgan fingerprint density at radius 2 is 2.37 bits per heavy atom. The fraction of sp³-hybridized carbons (Fsp3) is 0.462. The van der Waals surface area contributed by atoms with Crippen LogP contribution in [0.5, 0.6) is 0 Å². The molecular weight excluding hydrogens is 242 g/mol. The van der Waals surface area contributed by atoms with Crippen molar-refractivity contribution in [1.29, 1.82) is 0 Å². The molecule has 19 heavy (non-hydrogen) atoms. The largest absolute Gasteiger partial charge is 0.346 e. The van der Waals surface area contributed by atoms with Crippen LogP contribution in [-0.2, 0) is 0 Å². The molecule has 4 rings (SSSR count). The number of fused-ring (bicyclic) bond motifs is 3. The van der Waals surface area contributed by atoms with E-state index in [1.165, 1.54) is 6.42 Å². The van der Waals surface area contributed by atoms with Crippen molar-refractivity contribution in [3.05, 3.63) is 30.6 Å². The summed E-state index contributed by atoms with van der Waals surface area (Å²) in [6, 6.07) is 3.03. The van der Waals surface area contributed by atoms with Crippen molar-refractivity contribution in [2.75, 3.05) is 0 Å². The molecule has 3 atom stereocenters. The van der Waals surface area contributed by atoms with E-state index >= 15 is 0 Å². The Morgan fingerprint density at radius 3 is 3.16 bits per heavy atom. The number of imidazole rings is 1. The summed E-state index contributed by atoms with van der Waals surface area (Å²) in [6.45, 7) is 0. The molecule has 0 saturated carbocycles. The van der Waals surface area contributed by atoms with E-state index in [1.54, 1.807) is 29.3 Å². The number of nitrogens with one attached hydrogen (secondary N) is 2. The standard InChI is InChI=1S/C13H15N5O/c19-13(17-11-3-8-1-2-10(11)16-8)12-4-9-5-14-6-18(9)7-15-12/h4-8,10-11,16H,1-3H2,(H,17,19)/t8-,10+,11-/m1/s1. The van der Waals surface area contributed by atoms with Crippen molar-refractivity contribution in [2.24, 2.45) is 0 Å². The molecule has 0 aromatic carbocycles. The minimum Gasteiger partial charge on any atom is -0.346 e. The van der Waals surface area contributed by atoms with Gasteiger partial charge in [-0.15, -0.1) is 0 Å². The van der Waals surface area contributed by atoms with Crippen LogP contribution in [0.4, 0.5) is 0 Å². The molecule has 2 bridgehead atoms. The van der Waals surface area contributed by atoms with E-state index < -0.39 is 0 Å². The van der Waals surface area contributed by atoms with Crippen LogP contribution in [0.2, 0.25) is 0 Å². The summed E-state index contributed by atoms with van der Waals surface area (Å²) in [4.78, 5) is 20.4. The number of nitrogens with zero attached hydrogens (tertiary/aromatic N) is 3. The van der Waals surface area contributed by atoms with Crippen LogP contribution < -0.4 is 10.6 Å². The van der Waals surface area contributed by atoms with Crippen LogP contribution in [-0.4, -0.2) is 38.4 Å². The SMILES string of the molecule is O=C(N[C@@H]1C[C@H]2CC[C@@H]1N2)c1cc2cncn2cn1. The predicted molar refractivity (Wildman–Crippen MR) is 68.8 cm³/mol. The molecule has 2 fully saturated rings. The van der Waals surface area contributed by atoms with Crippen LogP contribution in [0.25, 0.3) is 5.52 Å². The van der Waals surface area contributed by atoms with Gasteiger partial charge >= 0.3 is 0 Å². The predicted octanol–water partition coefficient (Wildman–Crippen LogP) is 0.352. The Bertz CT molecular complexity index is 637. The molecule has 0 aliphatic carbocycles. The Kier molecular flexibility index (Phi) is 2.32. The van der Waals surface area contributed by atoms with Crippen LogP contribution >= 0.6 is 0 Å². The first-order chi connectivity index (χ1) is 9.29. The molecule has 0 spiro atoms. The van der Waals surface area contributed by atoms with Crippen molar-refractivity contribution in [1.82, 2.24) is 25.0 Å². The highest BCUT2D eigenvalue weighted by atomic mass is 16.2. The molecule has 2 aromatic rings. The van der Waals surface area contributed by atoms with Gasteiger partial charge in [0.15, 0.2) is 0 Å². The second kappa shape index (κ2) is 4.03. The molecule has 2 aromatic heterocycles. The van der Waals surface area contributed by atoms with Gasteiger partial charge in [-0.25, -0.2) is 9.97 Å². The minimum atomic E-state index is -0.0944. The molecule has 6 nitrogen and oxygen atoms in total. The van der Waals surface area contributed by atoms with E-state index in [-0.39, 0.29) is 11.9 Å². The maximum atomic E-state index is 12.2. The van der Waals surface area contributed by atoms with E-state index in [0.717, 1.165) is 18.4 Å². The van der Waals surface area contributed by atoms with Gasteiger partial charge in [0.2, 0.25) is 0 Å². The van der Waals surface area contributed by atoms with Crippen LogP contribution in [0.15, 0.2) is 24.9 Å². The lowest BCUT2D eigenvalue weighted by atomic mass is 9.95. The van der Waals surface area contributed by atoms with Gasteiger partial charge in [0.05, 0.1) is 11.7 Å². The number of carbonyl (C=O) groups is 1. The molecule has 2 aliphatic rings. The second-order valence-electron chi connectivity index (χ2n) is 5.36. The maximum absolute atomic E-state index is 12.2. The molecule has 0 unspecified atom stereocenters. The van der Waals surface area contributed by atoms with Gasteiger partial charge in [0.1, 0.15) is 18.3 Å². The number of hydrogen-bond acceptors (Lipinski definition) is 4. The molecule has 4 heterocycles. The first-order valence-corrected chi connectivity index (χ1v) is 6.64. The van der Waals surface area contributed by atoms with Gasteiger partial charge in [-0.2, -0.15) is 0 Å². The average molecular weight is 257 g/mol. The summed E-state index contributed by atoms with van der Waals surface area (Å²) in [6.07, 6.45) is 8.44. The van der Waals surface area contributed by atoms with E-state index in [9.17, 15) is 4.79 Å². The van der Waals surface area contributed by atoms with Crippen molar-refractivity contribution < 1.29 is 4.79 Å². The fourth-order valence-corrected chi connectivity index (χ4v) is 3.18. The number of carbonyl (C=O) groups excluding carboxylic acids is 1. The topological polar surface area (TPSA) is 71.3 Å². The zero-order valence-electron chi connectivity index (χ0n) is 10.4. The molecule has 2 N–H and O–H groups in total. The van der Waals surface area contributed by atoms with Gasteiger partial charge in [-0.1, -0.05) is 0 Å². The van der Waals surface area contributed by atoms with Crippen molar-refractivity contribution in [2.45, 2.75) is 37.4 Å². The lowest BCUT2D eigenvalue weighted by molar-refractivity contribution is 0.0926. The highest BCUT2D eigenvalue weighted by Crippen LogP contribution is 2.28. The minimum absolute atomic E-state index is 0.0944. The summed E-state index contributed by atoms with van der Waals surface area (Å²) in [5, 5.41) is 6.60. The first-order valence-electron chi connectivity index (χ1n) is 6.64. The molecule has 2 saturated heterocycles. The van der Waals surface area contributed by atoms with Gasteiger partial charge in [0, 0.05) is 18.1 Å². The van der Waals surface area contributed by atoms with Crippen LogP contribution in [0.1, 0.15) is 29.8 Å². The normalized spacial score (nSPS) is 28.9. The Balaban J connectivity index is 1.53. The van der Waals surface area contributed by atoms with Gasteiger partial charge in [-0.05, 0) is 25.3 Å². The highest BCUT2D eigenvalue weighted by molar-refractivity contribution is 5.93. The smallest absolute Gasteiger partial charge is 0.270 e. The zero-order chi connectivity index (χ0) is 12.8. The molecule has 6 heteroatoms. The summed E-state index contributed by atoms with van der Waals surface area (Å²) >= 11 is 0. The second-order valence-corrected chi connectivity index (χ2v) is 5.36. The van der Waals surface area contributed by atoms with E-state index in [0.29, 0.717) is 17.8 Å². The van der Waals surface area contributed by atoms with Crippen LogP contribution in [0.3, 0.4) is 0 Å². The zero-order valence-corrected chi connectivity index (χ0v) is 10.4. The third-order valence-electron chi connectivity index (χ3n) is 4.15. The Labute approximate surface area is 110 Å². The summed E-state index contributed by atoms with van der Waals surface area (Å²) in [5.41, 5.74) is 1.34. The number of aromatic nitrogens is 3. The summed E-state index contributed by atoms with van der Waals surface area (Å²) < 4.78 is 1.79. The van der Waals surface area contributed by atoms with Crippen molar-refractivity contribution in [3.8, 4) is 0 Å². The number of rotatable bonds is 2. The average Bonchev–Trinajstić information content (AvgIpc) is 3.13. The first kappa shape index (κ1) is 10.9. The molecule has 98 valence electrons. The fourth-order valence-electron chi connectivity index (χ4n) is 3.18. The Morgan fingerprint density at radius 1 is 1.42 bits per heavy atom. The molecule has 1 amide bonds. The maximum Gasteiger partial charge on any atom is 0.270 e. The van der Waals surface area contributed by atoms with Crippen molar-refractivity contribution >= 4 is 11.4 Å². The van der Waals surface area contributed by atoms with E-state index in [4.69, 9.17) is 0 Å².